The largest absolute Gasteiger partial charge is 0.416 e. The Labute approximate surface area is 276 Å². The molecule has 44 heavy (non-hydrogen) atoms. The Morgan fingerprint density at radius 1 is 1.00 bits per heavy atom. The van der Waals surface area contributed by atoms with E-state index in [2.05, 4.69) is 20.9 Å². The van der Waals surface area contributed by atoms with Crippen LogP contribution in [0.5, 0.6) is 0 Å². The van der Waals surface area contributed by atoms with E-state index in [1.807, 2.05) is 24.4 Å². The van der Waals surface area contributed by atoms with E-state index in [9.17, 15) is 28.1 Å². The third kappa shape index (κ3) is 9.18. The van der Waals surface area contributed by atoms with E-state index in [1.54, 1.807) is 17.0 Å². The summed E-state index contributed by atoms with van der Waals surface area (Å²) in [5.74, 6) is -0.655. The van der Waals surface area contributed by atoms with Gasteiger partial charge in [-0.3, -0.25) is 29.7 Å². The van der Waals surface area contributed by atoms with Gasteiger partial charge in [0.05, 0.1) is 10.5 Å². The summed E-state index contributed by atoms with van der Waals surface area (Å²) in [6.07, 6.45) is -1.66. The highest BCUT2D eigenvalue weighted by Crippen LogP contribution is 2.33. The minimum Gasteiger partial charge on any atom is -0.333 e. The lowest BCUT2D eigenvalue weighted by Gasteiger charge is -2.42. The molecule has 1 atom stereocenters. The van der Waals surface area contributed by atoms with E-state index < -0.39 is 28.3 Å². The number of nitrogens with zero attached hydrogens (tertiary/aromatic N) is 5. The second-order valence-corrected chi connectivity index (χ2v) is 10.9. The van der Waals surface area contributed by atoms with Gasteiger partial charge in [-0.05, 0) is 41.8 Å². The van der Waals surface area contributed by atoms with Gasteiger partial charge in [0, 0.05) is 92.9 Å². The van der Waals surface area contributed by atoms with E-state index in [1.165, 1.54) is 5.56 Å². The molecule has 0 spiro atoms. The van der Waals surface area contributed by atoms with Gasteiger partial charge in [0.1, 0.15) is 0 Å². The topological polar surface area (TPSA) is 82.8 Å². The molecule has 3 aromatic rings. The minimum absolute atomic E-state index is 0. The molecule has 0 aliphatic carbocycles. The summed E-state index contributed by atoms with van der Waals surface area (Å²) in [6.45, 7) is 4.67. The molecule has 240 valence electrons. The summed E-state index contributed by atoms with van der Waals surface area (Å²) < 4.78 is 40.5. The van der Waals surface area contributed by atoms with E-state index in [0.29, 0.717) is 36.7 Å². The molecular formula is C29H32Cl4F3N5O3. The van der Waals surface area contributed by atoms with Crippen molar-refractivity contribution in [1.82, 2.24) is 19.7 Å². The molecule has 0 unspecified atom stereocenters. The molecular weight excluding hydrogens is 665 g/mol. The third-order valence-electron chi connectivity index (χ3n) is 7.69. The van der Waals surface area contributed by atoms with Crippen LogP contribution in [0.4, 0.5) is 18.9 Å². The molecule has 2 aliphatic rings. The van der Waals surface area contributed by atoms with Gasteiger partial charge < -0.3 is 4.90 Å². The smallest absolute Gasteiger partial charge is 0.333 e. The lowest BCUT2D eigenvalue weighted by atomic mass is 10.00. The predicted octanol–water partition coefficient (Wildman–Crippen LogP) is 6.35. The van der Waals surface area contributed by atoms with Gasteiger partial charge in [-0.15, -0.1) is 37.2 Å². The minimum atomic E-state index is -4.83. The van der Waals surface area contributed by atoms with Gasteiger partial charge in [0.2, 0.25) is 0 Å². The lowest BCUT2D eigenvalue weighted by Crippen LogP contribution is -2.57. The monoisotopic (exact) mass is 695 g/mol. The van der Waals surface area contributed by atoms with E-state index in [4.69, 9.17) is 11.6 Å². The summed E-state index contributed by atoms with van der Waals surface area (Å²) in [5.41, 5.74) is 0.949. The van der Waals surface area contributed by atoms with Gasteiger partial charge in [-0.2, -0.15) is 13.2 Å². The van der Waals surface area contributed by atoms with Crippen LogP contribution in [-0.4, -0.2) is 75.8 Å². The van der Waals surface area contributed by atoms with Crippen LogP contribution in [0.25, 0.3) is 0 Å². The molecule has 1 aromatic heterocycles. The van der Waals surface area contributed by atoms with Crippen molar-refractivity contribution in [2.75, 3.05) is 39.3 Å². The quantitative estimate of drug-likeness (QED) is 0.212. The molecule has 0 radical (unpaired) electrons. The zero-order chi connectivity index (χ0) is 29.1. The molecule has 8 nitrogen and oxygen atoms in total. The number of rotatable bonds is 7. The Balaban J connectivity index is 0.00000225. The van der Waals surface area contributed by atoms with Gasteiger partial charge in [-0.1, -0.05) is 29.8 Å². The van der Waals surface area contributed by atoms with Gasteiger partial charge in [0.15, 0.2) is 0 Å². The molecule has 1 amide bonds. The van der Waals surface area contributed by atoms with Crippen molar-refractivity contribution in [2.24, 2.45) is 0 Å². The number of benzene rings is 2. The zero-order valence-corrected chi connectivity index (χ0v) is 26.6. The summed E-state index contributed by atoms with van der Waals surface area (Å²) in [5, 5.41) is 11.9. The molecule has 2 aromatic carbocycles. The molecule has 0 N–H and O–H groups in total. The molecule has 1 fully saturated rings. The van der Waals surface area contributed by atoms with E-state index >= 15 is 0 Å². The van der Waals surface area contributed by atoms with Crippen LogP contribution in [0.15, 0.2) is 60.8 Å². The predicted molar refractivity (Wildman–Crippen MR) is 169 cm³/mol. The number of non-ortho nitro benzene ring substituents is 1. The summed E-state index contributed by atoms with van der Waals surface area (Å²) in [4.78, 5) is 34.7. The van der Waals surface area contributed by atoms with E-state index in [-0.39, 0.29) is 55.4 Å². The van der Waals surface area contributed by atoms with Crippen molar-refractivity contribution in [1.29, 1.82) is 0 Å². The standard InChI is InChI=1S/C29H29ClF3N5O3.3ClH/c30-24-5-3-20(4-6-24)14-26-19-36(11-10-35-9-7-27-21(18-35)2-1-8-34-27)12-13-37(26)28(39)22-15-23(29(31,32)33)17-25(16-22)38(40)41;;;/h1-6,8,15-17,26H,7,9-14,18-19H2;3*1H/t26-;;;/m1.../s1. The number of piperazine rings is 1. The van der Waals surface area contributed by atoms with Crippen LogP contribution < -0.4 is 0 Å². The summed E-state index contributed by atoms with van der Waals surface area (Å²) in [7, 11) is 0. The first-order chi connectivity index (χ1) is 19.6. The number of carbonyl (C=O) groups excluding carboxylic acids is 1. The van der Waals surface area contributed by atoms with Crippen molar-refractivity contribution in [3.63, 3.8) is 0 Å². The lowest BCUT2D eigenvalue weighted by molar-refractivity contribution is -0.385. The van der Waals surface area contributed by atoms with Crippen molar-refractivity contribution >= 4 is 60.4 Å². The first-order valence-corrected chi connectivity index (χ1v) is 13.7. The van der Waals surface area contributed by atoms with Crippen LogP contribution in [-0.2, 0) is 25.6 Å². The highest BCUT2D eigenvalue weighted by atomic mass is 35.5. The third-order valence-corrected chi connectivity index (χ3v) is 7.94. The molecule has 5 rings (SSSR count). The number of alkyl halides is 3. The molecule has 0 saturated carbocycles. The molecule has 0 bridgehead atoms. The summed E-state index contributed by atoms with van der Waals surface area (Å²) in [6, 6.07) is 13.0. The number of halogens is 7. The number of amides is 1. The number of aromatic nitrogens is 1. The van der Waals surface area contributed by atoms with Crippen LogP contribution in [0, 0.1) is 10.1 Å². The highest BCUT2D eigenvalue weighted by Gasteiger charge is 2.36. The number of nitro benzene ring substituents is 1. The number of carbonyl (C=O) groups is 1. The zero-order valence-electron chi connectivity index (χ0n) is 23.4. The Bertz CT molecular complexity index is 1430. The number of hydrogen-bond donors (Lipinski definition) is 0. The first-order valence-electron chi connectivity index (χ1n) is 13.4. The normalized spacial score (nSPS) is 17.0. The molecule has 1 saturated heterocycles. The van der Waals surface area contributed by atoms with Crippen LogP contribution in [0.3, 0.4) is 0 Å². The van der Waals surface area contributed by atoms with Crippen LogP contribution >= 0.6 is 48.8 Å². The summed E-state index contributed by atoms with van der Waals surface area (Å²) >= 11 is 6.05. The fraction of sp³-hybridized carbons (Fsp3) is 0.379. The second-order valence-electron chi connectivity index (χ2n) is 10.4. The Morgan fingerprint density at radius 2 is 1.70 bits per heavy atom. The first kappa shape index (κ1) is 37.5. The van der Waals surface area contributed by atoms with Crippen molar-refractivity contribution in [2.45, 2.75) is 31.6 Å². The van der Waals surface area contributed by atoms with Gasteiger partial charge >= 0.3 is 6.18 Å². The number of hydrogen-bond acceptors (Lipinski definition) is 6. The molecule has 15 heteroatoms. The fourth-order valence-corrected chi connectivity index (χ4v) is 5.65. The van der Waals surface area contributed by atoms with Crippen molar-refractivity contribution in [3.8, 4) is 0 Å². The fourth-order valence-electron chi connectivity index (χ4n) is 5.52. The van der Waals surface area contributed by atoms with Gasteiger partial charge in [0.25, 0.3) is 11.6 Å². The van der Waals surface area contributed by atoms with Crippen molar-refractivity contribution < 1.29 is 22.9 Å². The van der Waals surface area contributed by atoms with Gasteiger partial charge in [-0.25, -0.2) is 0 Å². The molecule has 2 aliphatic heterocycles. The van der Waals surface area contributed by atoms with E-state index in [0.717, 1.165) is 49.9 Å². The maximum Gasteiger partial charge on any atom is 0.416 e. The Kier molecular flexibility index (Phi) is 13.7. The average molecular weight is 697 g/mol. The number of pyridine rings is 1. The Morgan fingerprint density at radius 3 is 2.39 bits per heavy atom. The molecule has 3 heterocycles. The Hall–Kier alpha value is -2.67. The van der Waals surface area contributed by atoms with Crippen LogP contribution in [0.2, 0.25) is 5.02 Å². The maximum atomic E-state index is 13.6. The number of nitro groups is 1. The van der Waals surface area contributed by atoms with Crippen LogP contribution in [0.1, 0.15) is 32.7 Å². The maximum absolute atomic E-state index is 13.6. The second kappa shape index (κ2) is 16.1. The SMILES string of the molecule is Cl.Cl.Cl.O=C(c1cc([N+](=O)[O-])cc(C(F)(F)F)c1)N1CCN(CCN2CCc3ncccc3C2)C[C@H]1Cc1ccc(Cl)cc1. The average Bonchev–Trinajstić information content (AvgIpc) is 2.96. The highest BCUT2D eigenvalue weighted by molar-refractivity contribution is 6.30. The van der Waals surface area contributed by atoms with Crippen molar-refractivity contribution in [3.05, 3.63) is 104 Å². The number of fused-ring (bicyclic) bond motifs is 1.